The Morgan fingerprint density at radius 3 is 1.22 bits per heavy atom. The van der Waals surface area contributed by atoms with E-state index in [9.17, 15) is 0 Å². The fourth-order valence-electron chi connectivity index (χ4n) is 1.10. The average Bonchev–Trinajstić information content (AvgIpc) is 2.49. The molecule has 2 rings (SSSR count). The van der Waals surface area contributed by atoms with Crippen LogP contribution in [0.4, 0.5) is 0 Å². The smallest absolute Gasteiger partial charge is 0.0814 e. The zero-order valence-corrected chi connectivity index (χ0v) is 14.1. The molecular formula is C14H20O7S2-2. The number of benzene rings is 2. The van der Waals surface area contributed by atoms with Crippen LogP contribution >= 0.6 is 0 Å². The van der Waals surface area contributed by atoms with Crippen LogP contribution in [0.3, 0.4) is 0 Å². The lowest BCUT2D eigenvalue weighted by Gasteiger charge is -2.03. The lowest BCUT2D eigenvalue weighted by atomic mass is 10.2. The molecule has 2 aromatic carbocycles. The van der Waals surface area contributed by atoms with E-state index in [0.29, 0.717) is 0 Å². The maximum Gasteiger partial charge on any atom is 0.0814 e. The highest BCUT2D eigenvalue weighted by Crippen LogP contribution is 1.96. The van der Waals surface area contributed by atoms with Gasteiger partial charge < -0.3 is 23.7 Å². The normalized spacial score (nSPS) is 9.48. The molecule has 0 fully saturated rings. The van der Waals surface area contributed by atoms with Crippen LogP contribution < -0.4 is 0 Å². The fraction of sp³-hybridized carbons (Fsp3) is 0.143. The van der Waals surface area contributed by atoms with Crippen LogP contribution in [0.25, 0.3) is 0 Å². The Bertz CT molecular complexity index is 448. The predicted octanol–water partition coefficient (Wildman–Crippen LogP) is 1.35. The molecule has 1 atom stereocenters. The minimum absolute atomic E-state index is 0. The van der Waals surface area contributed by atoms with Gasteiger partial charge in [-0.05, 0) is 12.0 Å². The maximum atomic E-state index is 8.56. The second-order valence-corrected chi connectivity index (χ2v) is 4.26. The average molecular weight is 364 g/mol. The van der Waals surface area contributed by atoms with Crippen LogP contribution in [0.2, 0.25) is 0 Å². The van der Waals surface area contributed by atoms with Gasteiger partial charge in [0.2, 0.25) is 0 Å². The number of hydrogen-bond acceptors (Lipinski definition) is 5. The van der Waals surface area contributed by atoms with Crippen LogP contribution in [-0.4, -0.2) is 26.6 Å². The Hall–Kier alpha value is -1.46. The first kappa shape index (κ1) is 26.4. The Kier molecular flexibility index (Phi) is 23.6. The minimum atomic E-state index is -3.11. The van der Waals surface area contributed by atoms with Gasteiger partial charge in [0.05, 0.1) is 11.4 Å². The minimum Gasteiger partial charge on any atom is -0.784 e. The summed E-state index contributed by atoms with van der Waals surface area (Å²) in [6.07, 6.45) is 1.14. The van der Waals surface area contributed by atoms with E-state index in [-0.39, 0.29) is 5.48 Å². The highest BCUT2D eigenvalue weighted by atomic mass is 32.2. The lowest BCUT2D eigenvalue weighted by Crippen LogP contribution is -1.76. The molecule has 0 aliphatic carbocycles. The summed E-state index contributed by atoms with van der Waals surface area (Å²) in [4.78, 5) is 0. The molecule has 0 saturated heterocycles. The molecule has 0 saturated carbocycles. The van der Waals surface area contributed by atoms with E-state index in [1.807, 2.05) is 42.5 Å². The molecule has 0 aliphatic heterocycles. The van der Waals surface area contributed by atoms with E-state index >= 15 is 0 Å². The summed E-state index contributed by atoms with van der Waals surface area (Å²) >= 11 is -5.97. The Labute approximate surface area is 140 Å². The Morgan fingerprint density at radius 2 is 1.04 bits per heavy atom. The second-order valence-electron chi connectivity index (χ2n) is 3.42. The molecule has 0 aromatic heterocycles. The topological polar surface area (TPSA) is 157 Å². The quantitative estimate of drug-likeness (QED) is 0.594. The van der Waals surface area contributed by atoms with Gasteiger partial charge in [0.1, 0.15) is 0 Å². The van der Waals surface area contributed by atoms with Crippen LogP contribution in [0, 0.1) is 0 Å². The molecule has 2 aromatic rings. The molecule has 7 nitrogen and oxygen atoms in total. The third kappa shape index (κ3) is 33.4. The van der Waals surface area contributed by atoms with E-state index in [2.05, 4.69) is 31.2 Å². The van der Waals surface area contributed by atoms with Crippen LogP contribution in [-0.2, 0) is 34.6 Å². The largest absolute Gasteiger partial charge is 0.784 e. The van der Waals surface area contributed by atoms with Gasteiger partial charge in [0.15, 0.2) is 0 Å². The van der Waals surface area contributed by atoms with Crippen molar-refractivity contribution in [2.45, 2.75) is 13.3 Å². The summed E-state index contributed by atoms with van der Waals surface area (Å²) in [5.41, 5.74) is 1.41. The standard InChI is InChI=1S/C8H10.C6H6.2H2O3S.H2O/c1-2-8-6-4-3-5-7-8;1-2-4-6-5-3-1;2*1-4(2)3;/h3-7H,2H2,1H3;1-6H;2*(H2,1,2,3);1H2/p-2. The monoisotopic (exact) mass is 364 g/mol. The van der Waals surface area contributed by atoms with Crippen molar-refractivity contribution in [2.75, 3.05) is 0 Å². The first-order valence-corrected chi connectivity index (χ1v) is 8.02. The summed E-state index contributed by atoms with van der Waals surface area (Å²) in [5.74, 6) is 0. The van der Waals surface area contributed by atoms with Crippen molar-refractivity contribution in [3.63, 3.8) is 0 Å². The molecule has 0 bridgehead atoms. The van der Waals surface area contributed by atoms with Gasteiger partial charge in [0.25, 0.3) is 0 Å². The van der Waals surface area contributed by atoms with Crippen LogP contribution in [0.5, 0.6) is 0 Å². The van der Waals surface area contributed by atoms with E-state index in [1.54, 1.807) is 0 Å². The summed E-state index contributed by atoms with van der Waals surface area (Å²) in [7, 11) is 0. The third-order valence-electron chi connectivity index (χ3n) is 1.92. The maximum absolute atomic E-state index is 8.56. The van der Waals surface area contributed by atoms with Crippen molar-refractivity contribution in [2.24, 2.45) is 0 Å². The fourth-order valence-corrected chi connectivity index (χ4v) is 1.10. The predicted molar refractivity (Wildman–Crippen MR) is 88.4 cm³/mol. The van der Waals surface area contributed by atoms with E-state index in [1.165, 1.54) is 5.56 Å². The van der Waals surface area contributed by atoms with Crippen LogP contribution in [0.1, 0.15) is 12.5 Å². The van der Waals surface area contributed by atoms with Gasteiger partial charge in [0, 0.05) is 0 Å². The molecule has 1 unspecified atom stereocenters. The summed E-state index contributed by atoms with van der Waals surface area (Å²) in [6.45, 7) is 2.16. The van der Waals surface area contributed by atoms with Gasteiger partial charge >= 0.3 is 0 Å². The molecular weight excluding hydrogens is 344 g/mol. The Morgan fingerprint density at radius 1 is 0.826 bits per heavy atom. The molecule has 4 N–H and O–H groups in total. The molecule has 0 aliphatic rings. The van der Waals surface area contributed by atoms with Gasteiger partial charge in [-0.1, -0.05) is 73.7 Å². The van der Waals surface area contributed by atoms with Gasteiger partial charge in [-0.2, -0.15) is 0 Å². The van der Waals surface area contributed by atoms with Gasteiger partial charge in [-0.3, -0.25) is 4.21 Å². The van der Waals surface area contributed by atoms with Gasteiger partial charge in [-0.25, -0.2) is 4.21 Å². The van der Waals surface area contributed by atoms with Crippen molar-refractivity contribution in [3.05, 3.63) is 72.3 Å². The van der Waals surface area contributed by atoms with Crippen molar-refractivity contribution < 1.29 is 32.1 Å². The molecule has 0 heterocycles. The van der Waals surface area contributed by atoms with Crippen molar-refractivity contribution >= 4 is 22.7 Å². The van der Waals surface area contributed by atoms with Gasteiger partial charge in [-0.15, -0.1) is 11.4 Å². The lowest BCUT2D eigenvalue weighted by molar-refractivity contribution is 0.419. The zero-order valence-electron chi connectivity index (χ0n) is 12.4. The first-order valence-electron chi connectivity index (χ1n) is 5.99. The van der Waals surface area contributed by atoms with Crippen LogP contribution in [0.15, 0.2) is 66.7 Å². The van der Waals surface area contributed by atoms with Crippen molar-refractivity contribution in [3.8, 4) is 0 Å². The Balaban J connectivity index is -0.000000240. The van der Waals surface area contributed by atoms with E-state index < -0.39 is 22.7 Å². The number of aryl methyl sites for hydroxylation is 1. The van der Waals surface area contributed by atoms with Crippen molar-refractivity contribution in [1.29, 1.82) is 0 Å². The first-order chi connectivity index (χ1) is 10.4. The third-order valence-corrected chi connectivity index (χ3v) is 1.92. The van der Waals surface area contributed by atoms with E-state index in [0.717, 1.165) is 6.42 Å². The van der Waals surface area contributed by atoms with E-state index in [4.69, 9.17) is 26.6 Å². The molecule has 9 heteroatoms. The number of hydrogen-bond donors (Lipinski definition) is 1. The molecule has 0 radical (unpaired) electrons. The molecule has 0 amide bonds. The second kappa shape index (κ2) is 20.5. The SMILES string of the molecule is CCc1ccccc1.O=S([O-])O.O=S([O-])[O-].[OH3+].c1ccccc1. The highest BCUT2D eigenvalue weighted by molar-refractivity contribution is 7.73. The summed E-state index contributed by atoms with van der Waals surface area (Å²) < 4.78 is 49.4. The highest BCUT2D eigenvalue weighted by Gasteiger charge is 1.79. The van der Waals surface area contributed by atoms with Crippen molar-refractivity contribution in [1.82, 2.24) is 0 Å². The summed E-state index contributed by atoms with van der Waals surface area (Å²) in [6, 6.07) is 22.5. The molecule has 23 heavy (non-hydrogen) atoms. The summed E-state index contributed by atoms with van der Waals surface area (Å²) in [5, 5.41) is 0. The molecule has 0 spiro atoms. The zero-order chi connectivity index (χ0) is 17.2. The number of rotatable bonds is 1. The molecule has 132 valence electrons.